The third kappa shape index (κ3) is 4.43. The standard InChI is InChI=1S/C23H16N4O4S3/c1-13-16(9-24)20(29)26(11-14-4-2-6-25-10-14)22(31)19(13)17(28)12-27-21(30)18(34-23(27)32)8-15-5-3-7-33-15/h2-8,10,31H,11-12H2,1H3/b18-8-. The molecule has 1 N–H and O–H groups in total. The summed E-state index contributed by atoms with van der Waals surface area (Å²) in [5.41, 5.74) is -0.523. The number of nitrogens with zero attached hydrogens (tertiary/aromatic N) is 4. The number of aromatic hydroxyl groups is 1. The molecular formula is C23H16N4O4S3. The molecule has 0 bridgehead atoms. The first-order chi connectivity index (χ1) is 16.3. The van der Waals surface area contributed by atoms with E-state index in [1.54, 1.807) is 24.4 Å². The number of Topliss-reactive ketones (excluding diaryl/α,β-unsaturated/α-hetero) is 1. The molecule has 0 atom stereocenters. The third-order valence-corrected chi connectivity index (χ3v) is 7.33. The van der Waals surface area contributed by atoms with Crippen molar-refractivity contribution in [3.8, 4) is 11.9 Å². The van der Waals surface area contributed by atoms with Crippen LogP contribution in [0.5, 0.6) is 5.88 Å². The molecule has 170 valence electrons. The van der Waals surface area contributed by atoms with Crippen LogP contribution < -0.4 is 5.56 Å². The first kappa shape index (κ1) is 23.6. The van der Waals surface area contributed by atoms with Gasteiger partial charge in [0.2, 0.25) is 5.88 Å². The molecule has 1 aliphatic heterocycles. The van der Waals surface area contributed by atoms with E-state index in [0.717, 1.165) is 26.1 Å². The van der Waals surface area contributed by atoms with Crippen molar-refractivity contribution in [1.82, 2.24) is 14.5 Å². The monoisotopic (exact) mass is 508 g/mol. The average Bonchev–Trinajstić information content (AvgIpc) is 3.42. The molecular weight excluding hydrogens is 492 g/mol. The summed E-state index contributed by atoms with van der Waals surface area (Å²) >= 11 is 7.86. The number of carbonyl (C=O) groups excluding carboxylic acids is 2. The van der Waals surface area contributed by atoms with Gasteiger partial charge >= 0.3 is 0 Å². The maximum Gasteiger partial charge on any atom is 0.271 e. The van der Waals surface area contributed by atoms with Crippen molar-refractivity contribution in [1.29, 1.82) is 5.26 Å². The lowest BCUT2D eigenvalue weighted by atomic mass is 10.0. The first-order valence-corrected chi connectivity index (χ1v) is 12.0. The smallest absolute Gasteiger partial charge is 0.271 e. The highest BCUT2D eigenvalue weighted by atomic mass is 32.2. The Kier molecular flexibility index (Phi) is 6.74. The number of ketones is 1. The summed E-state index contributed by atoms with van der Waals surface area (Å²) in [4.78, 5) is 45.4. The van der Waals surface area contributed by atoms with Gasteiger partial charge in [0.05, 0.1) is 23.6 Å². The van der Waals surface area contributed by atoms with Gasteiger partial charge in [-0.3, -0.25) is 28.8 Å². The number of carbonyl (C=O) groups is 2. The predicted octanol–water partition coefficient (Wildman–Crippen LogP) is 3.32. The highest BCUT2D eigenvalue weighted by molar-refractivity contribution is 8.26. The zero-order valence-electron chi connectivity index (χ0n) is 17.7. The Morgan fingerprint density at radius 2 is 2.12 bits per heavy atom. The number of aromatic nitrogens is 2. The van der Waals surface area contributed by atoms with Gasteiger partial charge in [0.15, 0.2) is 5.78 Å². The summed E-state index contributed by atoms with van der Waals surface area (Å²) in [6.07, 6.45) is 4.78. The van der Waals surface area contributed by atoms with Crippen LogP contribution in [-0.2, 0) is 11.3 Å². The molecule has 1 fully saturated rings. The molecule has 4 heterocycles. The number of hydrogen-bond acceptors (Lipinski definition) is 9. The van der Waals surface area contributed by atoms with Gasteiger partial charge in [-0.1, -0.05) is 36.1 Å². The number of rotatable bonds is 6. The summed E-state index contributed by atoms with van der Waals surface area (Å²) in [5, 5.41) is 22.3. The molecule has 1 saturated heterocycles. The lowest BCUT2D eigenvalue weighted by Crippen LogP contribution is -2.35. The van der Waals surface area contributed by atoms with Gasteiger partial charge < -0.3 is 5.11 Å². The van der Waals surface area contributed by atoms with Gasteiger partial charge in [-0.05, 0) is 41.6 Å². The van der Waals surface area contributed by atoms with Crippen molar-refractivity contribution in [2.24, 2.45) is 0 Å². The van der Waals surface area contributed by atoms with Crippen LogP contribution in [0.25, 0.3) is 6.08 Å². The quantitative estimate of drug-likeness (QED) is 0.306. The van der Waals surface area contributed by atoms with Crippen molar-refractivity contribution in [3.63, 3.8) is 0 Å². The van der Waals surface area contributed by atoms with Crippen LogP contribution in [0.1, 0.15) is 31.9 Å². The van der Waals surface area contributed by atoms with E-state index in [1.165, 1.54) is 24.5 Å². The lowest BCUT2D eigenvalue weighted by Gasteiger charge is -2.18. The molecule has 4 rings (SSSR count). The predicted molar refractivity (Wildman–Crippen MR) is 134 cm³/mol. The van der Waals surface area contributed by atoms with E-state index in [9.17, 15) is 24.8 Å². The Bertz CT molecular complexity index is 1440. The van der Waals surface area contributed by atoms with E-state index in [0.29, 0.717) is 10.5 Å². The Morgan fingerprint density at radius 1 is 1.32 bits per heavy atom. The second kappa shape index (κ2) is 9.72. The first-order valence-electron chi connectivity index (χ1n) is 9.89. The highest BCUT2D eigenvalue weighted by Gasteiger charge is 2.35. The van der Waals surface area contributed by atoms with Crippen molar-refractivity contribution in [2.45, 2.75) is 13.5 Å². The van der Waals surface area contributed by atoms with Gasteiger partial charge in [-0.15, -0.1) is 11.3 Å². The number of thiocarbonyl (C=S) groups is 1. The minimum atomic E-state index is -0.720. The fraction of sp³-hybridized carbons (Fsp3) is 0.130. The molecule has 0 saturated carbocycles. The Hall–Kier alpha value is -3.59. The number of nitriles is 1. The van der Waals surface area contributed by atoms with Crippen LogP contribution in [0, 0.1) is 18.3 Å². The average molecular weight is 509 g/mol. The molecule has 0 unspecified atom stereocenters. The van der Waals surface area contributed by atoms with Crippen LogP contribution in [0.3, 0.4) is 0 Å². The Labute approximate surface area is 207 Å². The van der Waals surface area contributed by atoms with Crippen LogP contribution in [0.4, 0.5) is 0 Å². The Balaban J connectivity index is 1.69. The minimum absolute atomic E-state index is 0.0528. The number of amides is 1. The maximum absolute atomic E-state index is 13.3. The van der Waals surface area contributed by atoms with E-state index in [1.807, 2.05) is 23.6 Å². The summed E-state index contributed by atoms with van der Waals surface area (Å²) < 4.78 is 1.17. The molecule has 3 aromatic heterocycles. The van der Waals surface area contributed by atoms with Gasteiger partial charge in [0.1, 0.15) is 16.0 Å². The van der Waals surface area contributed by atoms with Crippen LogP contribution in [0.2, 0.25) is 0 Å². The molecule has 11 heteroatoms. The van der Waals surface area contributed by atoms with Crippen molar-refractivity contribution in [2.75, 3.05) is 6.54 Å². The van der Waals surface area contributed by atoms with Crippen molar-refractivity contribution < 1.29 is 14.7 Å². The number of hydrogen-bond donors (Lipinski definition) is 1. The zero-order chi connectivity index (χ0) is 24.4. The van der Waals surface area contributed by atoms with E-state index < -0.39 is 29.7 Å². The van der Waals surface area contributed by atoms with Gasteiger partial charge in [-0.25, -0.2) is 0 Å². The molecule has 34 heavy (non-hydrogen) atoms. The molecule has 0 aromatic carbocycles. The van der Waals surface area contributed by atoms with Crippen molar-refractivity contribution >= 4 is 57.4 Å². The molecule has 1 aliphatic rings. The van der Waals surface area contributed by atoms with Crippen LogP contribution >= 0.6 is 35.3 Å². The fourth-order valence-corrected chi connectivity index (χ4v) is 5.45. The number of thioether (sulfide) groups is 1. The lowest BCUT2D eigenvalue weighted by molar-refractivity contribution is -0.121. The fourth-order valence-electron chi connectivity index (χ4n) is 3.47. The van der Waals surface area contributed by atoms with Crippen LogP contribution in [0.15, 0.2) is 51.7 Å². The van der Waals surface area contributed by atoms with Crippen LogP contribution in [-0.4, -0.2) is 42.1 Å². The normalized spacial score (nSPS) is 14.6. The summed E-state index contributed by atoms with van der Waals surface area (Å²) in [7, 11) is 0. The maximum atomic E-state index is 13.3. The molecule has 0 radical (unpaired) electrons. The summed E-state index contributed by atoms with van der Waals surface area (Å²) in [6.45, 7) is 0.900. The van der Waals surface area contributed by atoms with Gasteiger partial charge in [0, 0.05) is 17.3 Å². The van der Waals surface area contributed by atoms with E-state index in [2.05, 4.69) is 4.98 Å². The molecule has 8 nitrogen and oxygen atoms in total. The molecule has 1 amide bonds. The molecule has 3 aromatic rings. The van der Waals surface area contributed by atoms with Gasteiger partial charge in [0.25, 0.3) is 11.5 Å². The highest BCUT2D eigenvalue weighted by Crippen LogP contribution is 2.34. The third-order valence-electron chi connectivity index (χ3n) is 5.13. The topological polar surface area (TPSA) is 116 Å². The number of thiophene rings is 1. The molecule has 0 spiro atoms. The van der Waals surface area contributed by atoms with E-state index in [4.69, 9.17) is 12.2 Å². The SMILES string of the molecule is Cc1c(C(=O)CN2C(=O)/C(=C/c3cccs3)SC2=S)c(O)n(Cc2cccnc2)c(=O)c1C#N. The second-order valence-electron chi connectivity index (χ2n) is 7.27. The minimum Gasteiger partial charge on any atom is -0.494 e. The van der Waals surface area contributed by atoms with Crippen molar-refractivity contribution in [3.05, 3.63) is 84.4 Å². The Morgan fingerprint density at radius 3 is 2.76 bits per heavy atom. The summed E-state index contributed by atoms with van der Waals surface area (Å²) in [6, 6.07) is 8.91. The largest absolute Gasteiger partial charge is 0.494 e. The number of pyridine rings is 2. The van der Waals surface area contributed by atoms with E-state index >= 15 is 0 Å². The summed E-state index contributed by atoms with van der Waals surface area (Å²) in [5.74, 6) is -1.63. The van der Waals surface area contributed by atoms with E-state index in [-0.39, 0.29) is 27.6 Å². The second-order valence-corrected chi connectivity index (χ2v) is 9.92. The molecule has 0 aliphatic carbocycles. The zero-order valence-corrected chi connectivity index (χ0v) is 20.2. The van der Waals surface area contributed by atoms with Gasteiger partial charge in [-0.2, -0.15) is 5.26 Å².